The van der Waals surface area contributed by atoms with E-state index in [9.17, 15) is 9.50 Å². The summed E-state index contributed by atoms with van der Waals surface area (Å²) in [5.41, 5.74) is 2.41. The molecule has 0 radical (unpaired) electrons. The van der Waals surface area contributed by atoms with Gasteiger partial charge in [0.05, 0.1) is 6.10 Å². The summed E-state index contributed by atoms with van der Waals surface area (Å²) in [5.74, 6) is -0.257. The van der Waals surface area contributed by atoms with Crippen LogP contribution in [0.2, 0.25) is 0 Å². The van der Waals surface area contributed by atoms with Crippen molar-refractivity contribution in [2.24, 2.45) is 0 Å². The largest absolute Gasteiger partial charge is 0.488 e. The normalized spacial score (nSPS) is 18.1. The van der Waals surface area contributed by atoms with E-state index in [0.717, 1.165) is 44.6 Å². The average molecular weight is 445 g/mol. The highest BCUT2D eigenvalue weighted by Crippen LogP contribution is 2.27. The van der Waals surface area contributed by atoms with Crippen LogP contribution < -0.4 is 20.3 Å². The molecule has 0 aromatic heterocycles. The van der Waals surface area contributed by atoms with Gasteiger partial charge < -0.3 is 30.3 Å². The predicted octanol–water partition coefficient (Wildman–Crippen LogP) is 3.84. The highest BCUT2D eigenvalue weighted by atomic mass is 19.1. The Morgan fingerprint density at radius 1 is 1.22 bits per heavy atom. The third-order valence-electron chi connectivity index (χ3n) is 6.07. The highest BCUT2D eigenvalue weighted by Gasteiger charge is 2.24. The van der Waals surface area contributed by atoms with Crippen molar-refractivity contribution in [1.29, 1.82) is 0 Å². The van der Waals surface area contributed by atoms with Crippen LogP contribution in [0.25, 0.3) is 0 Å². The van der Waals surface area contributed by atoms with Crippen molar-refractivity contribution in [2.75, 3.05) is 51.0 Å². The van der Waals surface area contributed by atoms with E-state index < -0.39 is 12.0 Å². The summed E-state index contributed by atoms with van der Waals surface area (Å²) in [6, 6.07) is 13.2. The minimum absolute atomic E-state index is 0.0751. The van der Waals surface area contributed by atoms with Crippen molar-refractivity contribution in [2.45, 2.75) is 44.6 Å². The van der Waals surface area contributed by atoms with Gasteiger partial charge in [-0.1, -0.05) is 6.07 Å². The van der Waals surface area contributed by atoms with Gasteiger partial charge in [0.1, 0.15) is 0 Å². The lowest BCUT2D eigenvalue weighted by molar-refractivity contribution is 0.195. The Balaban J connectivity index is 1.55. The van der Waals surface area contributed by atoms with E-state index in [2.05, 4.69) is 46.7 Å². The van der Waals surface area contributed by atoms with E-state index in [1.165, 1.54) is 11.8 Å². The van der Waals surface area contributed by atoms with Gasteiger partial charge >= 0.3 is 0 Å². The molecule has 6 nitrogen and oxygen atoms in total. The number of rotatable bonds is 11. The molecule has 1 aliphatic heterocycles. The number of ether oxygens (including phenoxy) is 1. The second kappa shape index (κ2) is 11.5. The Morgan fingerprint density at radius 2 is 1.97 bits per heavy atom. The Kier molecular flexibility index (Phi) is 8.73. The summed E-state index contributed by atoms with van der Waals surface area (Å²) < 4.78 is 20.2. The van der Waals surface area contributed by atoms with Crippen molar-refractivity contribution in [3.8, 4) is 5.75 Å². The molecule has 1 fully saturated rings. The van der Waals surface area contributed by atoms with Crippen LogP contribution in [0.5, 0.6) is 5.75 Å². The summed E-state index contributed by atoms with van der Waals surface area (Å²) in [7, 11) is 6.15. The van der Waals surface area contributed by atoms with Crippen LogP contribution in [0.3, 0.4) is 0 Å². The Labute approximate surface area is 191 Å². The molecule has 0 amide bonds. The van der Waals surface area contributed by atoms with E-state index in [-0.39, 0.29) is 11.9 Å². The zero-order valence-corrected chi connectivity index (χ0v) is 19.6. The van der Waals surface area contributed by atoms with Gasteiger partial charge in [0, 0.05) is 36.1 Å². The second-order valence-corrected chi connectivity index (χ2v) is 8.81. The molecular weight excluding hydrogens is 407 g/mol. The number of likely N-dealkylation sites (N-methyl/N-ethyl adjacent to an activating group) is 1. The maximum Gasteiger partial charge on any atom is 0.165 e. The van der Waals surface area contributed by atoms with Gasteiger partial charge in [-0.15, -0.1) is 0 Å². The molecule has 0 spiro atoms. The molecule has 7 heteroatoms. The van der Waals surface area contributed by atoms with Crippen LogP contribution >= 0.6 is 0 Å². The predicted molar refractivity (Wildman–Crippen MR) is 129 cm³/mol. The summed E-state index contributed by atoms with van der Waals surface area (Å²) >= 11 is 0. The number of aliphatic hydroxyl groups is 1. The van der Waals surface area contributed by atoms with E-state index in [0.29, 0.717) is 11.6 Å². The number of aliphatic hydroxyl groups excluding tert-OH is 1. The fraction of sp³-hybridized carbons (Fsp3) is 0.520. The minimum Gasteiger partial charge on any atom is -0.488 e. The smallest absolute Gasteiger partial charge is 0.165 e. The number of anilines is 2. The minimum atomic E-state index is -1.01. The quantitative estimate of drug-likeness (QED) is 0.362. The standard InChI is InChI=1S/C25H37FN4O2/c1-18(6-5-14-27-2)32-24-12-7-19(16-23(24)26)25(31)28-20-8-10-21(11-9-20)30-15-13-22(17-30)29(3)4/h7-12,16,18,22,25,27-28,31H,5-6,13-15,17H2,1-4H3. The molecule has 2 aromatic carbocycles. The van der Waals surface area contributed by atoms with Gasteiger partial charge in [0.25, 0.3) is 0 Å². The first-order valence-electron chi connectivity index (χ1n) is 11.4. The number of halogens is 1. The Morgan fingerprint density at radius 3 is 2.59 bits per heavy atom. The lowest BCUT2D eigenvalue weighted by Crippen LogP contribution is -2.31. The van der Waals surface area contributed by atoms with Crippen LogP contribution in [-0.2, 0) is 0 Å². The van der Waals surface area contributed by atoms with Crippen molar-refractivity contribution in [3.63, 3.8) is 0 Å². The number of nitrogens with one attached hydrogen (secondary N) is 2. The maximum absolute atomic E-state index is 14.5. The lowest BCUT2D eigenvalue weighted by atomic mass is 10.1. The first-order valence-corrected chi connectivity index (χ1v) is 11.4. The van der Waals surface area contributed by atoms with Gasteiger partial charge in [0.15, 0.2) is 17.8 Å². The Bertz CT molecular complexity index is 846. The number of hydrogen-bond donors (Lipinski definition) is 3. The second-order valence-electron chi connectivity index (χ2n) is 8.81. The van der Waals surface area contributed by atoms with Crippen LogP contribution in [0.4, 0.5) is 15.8 Å². The highest BCUT2D eigenvalue weighted by molar-refractivity contribution is 5.56. The molecule has 0 aliphatic carbocycles. The summed E-state index contributed by atoms with van der Waals surface area (Å²) in [6.45, 7) is 4.90. The zero-order valence-electron chi connectivity index (χ0n) is 19.6. The third-order valence-corrected chi connectivity index (χ3v) is 6.07. The fourth-order valence-corrected chi connectivity index (χ4v) is 4.03. The molecule has 3 N–H and O–H groups in total. The van der Waals surface area contributed by atoms with Gasteiger partial charge in [-0.2, -0.15) is 0 Å². The van der Waals surface area contributed by atoms with Crippen LogP contribution in [0, 0.1) is 5.82 Å². The first-order chi connectivity index (χ1) is 15.4. The Hall–Kier alpha value is -2.35. The monoisotopic (exact) mass is 444 g/mol. The molecule has 176 valence electrons. The van der Waals surface area contributed by atoms with E-state index in [1.54, 1.807) is 12.1 Å². The van der Waals surface area contributed by atoms with Gasteiger partial charge in [-0.3, -0.25) is 0 Å². The number of hydrogen-bond acceptors (Lipinski definition) is 6. The molecule has 1 heterocycles. The van der Waals surface area contributed by atoms with Gasteiger partial charge in [0.2, 0.25) is 0 Å². The SMILES string of the molecule is CNCCCC(C)Oc1ccc(C(O)Nc2ccc(N3CCC(N(C)C)C3)cc2)cc1F. The average Bonchev–Trinajstić information content (AvgIpc) is 3.26. The molecular formula is C25H37FN4O2. The van der Waals surface area contributed by atoms with Crippen LogP contribution in [-0.4, -0.2) is 62.9 Å². The summed E-state index contributed by atoms with van der Waals surface area (Å²) in [6.07, 6.45) is 1.88. The summed E-state index contributed by atoms with van der Waals surface area (Å²) in [4.78, 5) is 4.64. The molecule has 3 rings (SSSR count). The van der Waals surface area contributed by atoms with Gasteiger partial charge in [-0.05, 0) is 90.3 Å². The number of benzene rings is 2. The summed E-state index contributed by atoms with van der Waals surface area (Å²) in [5, 5.41) is 16.7. The zero-order chi connectivity index (χ0) is 23.1. The van der Waals surface area contributed by atoms with E-state index >= 15 is 0 Å². The van der Waals surface area contributed by atoms with Crippen molar-refractivity contribution >= 4 is 11.4 Å². The van der Waals surface area contributed by atoms with E-state index in [4.69, 9.17) is 4.74 Å². The molecule has 2 aromatic rings. The molecule has 3 atom stereocenters. The fourth-order valence-electron chi connectivity index (χ4n) is 4.03. The lowest BCUT2D eigenvalue weighted by Gasteiger charge is -2.22. The third kappa shape index (κ3) is 6.58. The van der Waals surface area contributed by atoms with Crippen molar-refractivity contribution < 1.29 is 14.2 Å². The molecule has 32 heavy (non-hydrogen) atoms. The topological polar surface area (TPSA) is 60.0 Å². The van der Waals surface area contributed by atoms with Crippen molar-refractivity contribution in [1.82, 2.24) is 10.2 Å². The van der Waals surface area contributed by atoms with Crippen LogP contribution in [0.15, 0.2) is 42.5 Å². The van der Waals surface area contributed by atoms with E-state index in [1.807, 2.05) is 26.1 Å². The molecule has 3 unspecified atom stereocenters. The molecule has 0 bridgehead atoms. The maximum atomic E-state index is 14.5. The molecule has 1 aliphatic rings. The van der Waals surface area contributed by atoms with Crippen LogP contribution in [0.1, 0.15) is 38.0 Å². The first kappa shape index (κ1) is 24.3. The van der Waals surface area contributed by atoms with Crippen molar-refractivity contribution in [3.05, 3.63) is 53.8 Å². The number of nitrogens with zero attached hydrogens (tertiary/aromatic N) is 2. The van der Waals surface area contributed by atoms with Gasteiger partial charge in [-0.25, -0.2) is 4.39 Å². The molecule has 0 saturated carbocycles. The molecule has 1 saturated heterocycles.